The number of methoxy groups -OCH3 is 1. The van der Waals surface area contributed by atoms with Crippen molar-refractivity contribution < 1.29 is 24.8 Å². The summed E-state index contributed by atoms with van der Waals surface area (Å²) in [6.07, 6.45) is -1.58. The highest BCUT2D eigenvalue weighted by atomic mass is 32.2. The molecule has 0 radical (unpaired) electrons. The summed E-state index contributed by atoms with van der Waals surface area (Å²) in [7, 11) is 1.56. The number of aliphatic hydroxyl groups is 3. The van der Waals surface area contributed by atoms with Gasteiger partial charge in [0.15, 0.2) is 5.44 Å². The van der Waals surface area contributed by atoms with Gasteiger partial charge in [-0.3, -0.25) is 0 Å². The van der Waals surface area contributed by atoms with Crippen molar-refractivity contribution in [1.29, 1.82) is 0 Å². The van der Waals surface area contributed by atoms with Crippen molar-refractivity contribution in [3.05, 3.63) is 42.6 Å². The lowest BCUT2D eigenvalue weighted by molar-refractivity contribution is -0.0786. The lowest BCUT2D eigenvalue weighted by Crippen LogP contribution is -2.50. The average molecular weight is 349 g/mol. The number of rotatable bonds is 4. The summed E-state index contributed by atoms with van der Waals surface area (Å²) in [5.74, 6) is 1.43. The van der Waals surface area contributed by atoms with Crippen LogP contribution in [0.15, 0.2) is 42.6 Å². The Kier molecular flexibility index (Phi) is 5.25. The van der Waals surface area contributed by atoms with Gasteiger partial charge >= 0.3 is 0 Å². The molecule has 0 spiro atoms. The van der Waals surface area contributed by atoms with Crippen LogP contribution in [-0.4, -0.2) is 56.9 Å². The molecule has 24 heavy (non-hydrogen) atoms. The van der Waals surface area contributed by atoms with Crippen LogP contribution in [-0.2, 0) is 0 Å². The van der Waals surface area contributed by atoms with Gasteiger partial charge in [-0.05, 0) is 23.8 Å². The first-order valence-corrected chi connectivity index (χ1v) is 8.56. The molecule has 7 heteroatoms. The SMILES string of the molecule is COc1ccc(-c2cccc(O[C@@H]3SC[C@@H](O)[C@H](O)[C@H]3O)c2)cn1. The van der Waals surface area contributed by atoms with E-state index < -0.39 is 23.7 Å². The van der Waals surface area contributed by atoms with Gasteiger partial charge in [0.25, 0.3) is 0 Å². The molecule has 1 saturated heterocycles. The van der Waals surface area contributed by atoms with E-state index in [1.54, 1.807) is 25.4 Å². The smallest absolute Gasteiger partial charge is 0.212 e. The van der Waals surface area contributed by atoms with Crippen molar-refractivity contribution in [2.75, 3.05) is 12.9 Å². The zero-order chi connectivity index (χ0) is 17.1. The van der Waals surface area contributed by atoms with Crippen LogP contribution in [0.2, 0.25) is 0 Å². The molecule has 4 atom stereocenters. The van der Waals surface area contributed by atoms with E-state index in [2.05, 4.69) is 4.98 Å². The Balaban J connectivity index is 1.75. The molecule has 6 nitrogen and oxygen atoms in total. The maximum atomic E-state index is 10.0. The minimum atomic E-state index is -1.20. The third-order valence-electron chi connectivity index (χ3n) is 3.82. The fraction of sp³-hybridized carbons (Fsp3) is 0.353. The van der Waals surface area contributed by atoms with Crippen LogP contribution >= 0.6 is 11.8 Å². The Morgan fingerprint density at radius 3 is 2.62 bits per heavy atom. The van der Waals surface area contributed by atoms with Crippen molar-refractivity contribution in [3.63, 3.8) is 0 Å². The number of hydrogen-bond acceptors (Lipinski definition) is 7. The highest BCUT2D eigenvalue weighted by Crippen LogP contribution is 2.31. The summed E-state index contributed by atoms with van der Waals surface area (Å²) in [6.45, 7) is 0. The zero-order valence-electron chi connectivity index (χ0n) is 13.1. The van der Waals surface area contributed by atoms with Gasteiger partial charge in [0.1, 0.15) is 18.0 Å². The van der Waals surface area contributed by atoms with Crippen molar-refractivity contribution in [1.82, 2.24) is 4.98 Å². The first-order valence-electron chi connectivity index (χ1n) is 7.51. The van der Waals surface area contributed by atoms with Gasteiger partial charge in [-0.15, -0.1) is 11.8 Å². The van der Waals surface area contributed by atoms with E-state index in [1.807, 2.05) is 24.3 Å². The fourth-order valence-electron chi connectivity index (χ4n) is 2.44. The molecular weight excluding hydrogens is 330 g/mol. The van der Waals surface area contributed by atoms with E-state index >= 15 is 0 Å². The molecular formula is C17H19NO5S. The van der Waals surface area contributed by atoms with E-state index in [0.29, 0.717) is 17.4 Å². The number of thioether (sulfide) groups is 1. The molecule has 1 aliphatic rings. The van der Waals surface area contributed by atoms with Crippen LogP contribution in [0, 0.1) is 0 Å². The first kappa shape index (κ1) is 17.0. The maximum Gasteiger partial charge on any atom is 0.212 e. The standard InChI is InChI=1S/C17H19NO5S/c1-22-14-6-5-11(8-18-14)10-3-2-4-12(7-10)23-17-16(21)15(20)13(19)9-24-17/h2-8,13,15-17,19-21H,9H2,1H3/t13-,15+,16-,17-/m1/s1. The van der Waals surface area contributed by atoms with E-state index in [1.165, 1.54) is 11.8 Å². The van der Waals surface area contributed by atoms with Gasteiger partial charge in [0, 0.05) is 23.6 Å². The summed E-state index contributed by atoms with van der Waals surface area (Å²) < 4.78 is 10.8. The summed E-state index contributed by atoms with van der Waals surface area (Å²) >= 11 is 1.27. The second-order valence-corrected chi connectivity index (χ2v) is 6.62. The second kappa shape index (κ2) is 7.40. The highest BCUT2D eigenvalue weighted by molar-refractivity contribution is 7.99. The molecule has 128 valence electrons. The van der Waals surface area contributed by atoms with Crippen LogP contribution in [0.1, 0.15) is 0 Å². The molecule has 1 fully saturated rings. The lowest BCUT2D eigenvalue weighted by Gasteiger charge is -2.34. The average Bonchev–Trinajstić information content (AvgIpc) is 2.62. The van der Waals surface area contributed by atoms with Crippen molar-refractivity contribution in [3.8, 4) is 22.8 Å². The first-order chi connectivity index (χ1) is 11.6. The molecule has 0 amide bonds. The predicted molar refractivity (Wildman–Crippen MR) is 91.1 cm³/mol. The minimum Gasteiger partial charge on any atom is -0.481 e. The van der Waals surface area contributed by atoms with E-state index in [4.69, 9.17) is 9.47 Å². The number of benzene rings is 1. The molecule has 0 aliphatic carbocycles. The van der Waals surface area contributed by atoms with Gasteiger partial charge in [0.2, 0.25) is 5.88 Å². The van der Waals surface area contributed by atoms with Crippen LogP contribution in [0.5, 0.6) is 11.6 Å². The predicted octanol–water partition coefficient (Wildman–Crippen LogP) is 1.29. The van der Waals surface area contributed by atoms with Gasteiger partial charge in [0.05, 0.1) is 13.2 Å². The fourth-order valence-corrected chi connectivity index (χ4v) is 3.56. The van der Waals surface area contributed by atoms with Gasteiger partial charge in [-0.1, -0.05) is 12.1 Å². The Hall–Kier alpha value is -1.80. The number of nitrogens with zero attached hydrogens (tertiary/aromatic N) is 1. The largest absolute Gasteiger partial charge is 0.481 e. The second-order valence-electron chi connectivity index (χ2n) is 5.49. The molecule has 1 aromatic carbocycles. The molecule has 2 aromatic rings. The topological polar surface area (TPSA) is 92.0 Å². The maximum absolute atomic E-state index is 10.0. The van der Waals surface area contributed by atoms with Crippen LogP contribution in [0.3, 0.4) is 0 Å². The lowest BCUT2D eigenvalue weighted by atomic mass is 10.1. The number of aromatic nitrogens is 1. The molecule has 3 N–H and O–H groups in total. The molecule has 0 unspecified atom stereocenters. The third-order valence-corrected chi connectivity index (χ3v) is 5.06. The van der Waals surface area contributed by atoms with Crippen molar-refractivity contribution in [2.45, 2.75) is 23.7 Å². The molecule has 1 aromatic heterocycles. The van der Waals surface area contributed by atoms with Crippen LogP contribution in [0.4, 0.5) is 0 Å². The number of hydrogen-bond donors (Lipinski definition) is 3. The zero-order valence-corrected chi connectivity index (χ0v) is 13.9. The summed E-state index contributed by atoms with van der Waals surface area (Å²) in [5, 5.41) is 29.4. The Morgan fingerprint density at radius 2 is 1.92 bits per heavy atom. The number of ether oxygens (including phenoxy) is 2. The molecule has 2 heterocycles. The number of pyridine rings is 1. The molecule has 1 aliphatic heterocycles. The summed E-state index contributed by atoms with van der Waals surface area (Å²) in [4.78, 5) is 4.18. The molecule has 0 bridgehead atoms. The minimum absolute atomic E-state index is 0.310. The van der Waals surface area contributed by atoms with E-state index in [9.17, 15) is 15.3 Å². The normalized spacial score (nSPS) is 26.8. The molecule has 3 rings (SSSR count). The third kappa shape index (κ3) is 3.64. The van der Waals surface area contributed by atoms with Gasteiger partial charge in [-0.25, -0.2) is 4.98 Å². The quantitative estimate of drug-likeness (QED) is 0.766. The summed E-state index contributed by atoms with van der Waals surface area (Å²) in [5.41, 5.74) is 1.19. The Bertz CT molecular complexity index is 681. The van der Waals surface area contributed by atoms with Crippen LogP contribution in [0.25, 0.3) is 11.1 Å². The summed E-state index contributed by atoms with van der Waals surface area (Å²) in [6, 6.07) is 11.1. The van der Waals surface area contributed by atoms with E-state index in [-0.39, 0.29) is 0 Å². The molecule has 0 saturated carbocycles. The van der Waals surface area contributed by atoms with Crippen LogP contribution < -0.4 is 9.47 Å². The van der Waals surface area contributed by atoms with Gasteiger partial charge < -0.3 is 24.8 Å². The Labute approximate surface area is 144 Å². The monoisotopic (exact) mass is 349 g/mol. The van der Waals surface area contributed by atoms with Crippen molar-refractivity contribution >= 4 is 11.8 Å². The Morgan fingerprint density at radius 1 is 1.08 bits per heavy atom. The highest BCUT2D eigenvalue weighted by Gasteiger charge is 2.38. The van der Waals surface area contributed by atoms with Gasteiger partial charge in [-0.2, -0.15) is 0 Å². The number of aliphatic hydroxyl groups excluding tert-OH is 3. The van der Waals surface area contributed by atoms with E-state index in [0.717, 1.165) is 11.1 Å². The van der Waals surface area contributed by atoms with Crippen molar-refractivity contribution in [2.24, 2.45) is 0 Å².